The summed E-state index contributed by atoms with van der Waals surface area (Å²) >= 11 is 0. The van der Waals surface area contributed by atoms with Crippen LogP contribution in [-0.4, -0.2) is 19.3 Å². The van der Waals surface area contributed by atoms with Crippen molar-refractivity contribution >= 4 is 16.7 Å². The molecular weight excluding hydrogens is 404 g/mol. The molecular formula is C25H22N4O3. The SMILES string of the molecule is COC(=O)c1ccc(C2C(C#N)=C(N)OC3NNC(c4ccc5ccccc5c4)C32)cc1. The molecule has 3 aromatic carbocycles. The molecule has 0 aliphatic carbocycles. The number of hydrogen-bond donors (Lipinski definition) is 3. The van der Waals surface area contributed by atoms with Crippen LogP contribution in [0.5, 0.6) is 0 Å². The van der Waals surface area contributed by atoms with Crippen molar-refractivity contribution in [2.75, 3.05) is 7.11 Å². The quantitative estimate of drug-likeness (QED) is 0.552. The molecule has 2 heterocycles. The summed E-state index contributed by atoms with van der Waals surface area (Å²) in [5.41, 5.74) is 15.5. The number of rotatable bonds is 3. The van der Waals surface area contributed by atoms with Crippen LogP contribution in [0.2, 0.25) is 0 Å². The van der Waals surface area contributed by atoms with Crippen LogP contribution >= 0.6 is 0 Å². The van der Waals surface area contributed by atoms with Crippen molar-refractivity contribution in [3.8, 4) is 6.07 Å². The number of hydrogen-bond acceptors (Lipinski definition) is 7. The maximum atomic E-state index is 11.9. The second-order valence-electron chi connectivity index (χ2n) is 7.97. The van der Waals surface area contributed by atoms with Crippen LogP contribution in [0.25, 0.3) is 10.8 Å². The van der Waals surface area contributed by atoms with Crippen molar-refractivity contribution in [3.05, 3.63) is 94.9 Å². The first-order chi connectivity index (χ1) is 15.6. The maximum absolute atomic E-state index is 11.9. The molecule has 160 valence electrons. The van der Waals surface area contributed by atoms with E-state index in [4.69, 9.17) is 15.2 Å². The number of nitriles is 1. The van der Waals surface area contributed by atoms with E-state index < -0.39 is 12.2 Å². The smallest absolute Gasteiger partial charge is 0.337 e. The number of benzene rings is 3. The number of nitrogens with two attached hydrogens (primary N) is 1. The zero-order chi connectivity index (χ0) is 22.2. The molecule has 0 radical (unpaired) electrons. The van der Waals surface area contributed by atoms with Gasteiger partial charge in [-0.1, -0.05) is 48.5 Å². The minimum Gasteiger partial charge on any atom is -0.465 e. The van der Waals surface area contributed by atoms with E-state index >= 15 is 0 Å². The molecule has 5 rings (SSSR count). The summed E-state index contributed by atoms with van der Waals surface area (Å²) in [6, 6.07) is 23.8. The van der Waals surface area contributed by atoms with Gasteiger partial charge in [0.1, 0.15) is 6.07 Å². The summed E-state index contributed by atoms with van der Waals surface area (Å²) in [6.07, 6.45) is -0.408. The first kappa shape index (κ1) is 20.1. The van der Waals surface area contributed by atoms with Gasteiger partial charge in [-0.3, -0.25) is 0 Å². The summed E-state index contributed by atoms with van der Waals surface area (Å²) in [6.45, 7) is 0. The van der Waals surface area contributed by atoms with Crippen molar-refractivity contribution in [2.45, 2.75) is 18.2 Å². The molecule has 0 saturated carbocycles. The van der Waals surface area contributed by atoms with Gasteiger partial charge in [0.25, 0.3) is 0 Å². The Morgan fingerprint density at radius 3 is 2.47 bits per heavy atom. The van der Waals surface area contributed by atoms with E-state index in [2.05, 4.69) is 47.3 Å². The molecule has 0 aromatic heterocycles. The molecule has 7 heteroatoms. The van der Waals surface area contributed by atoms with Crippen LogP contribution in [0.1, 0.15) is 33.4 Å². The molecule has 2 aliphatic heterocycles. The van der Waals surface area contributed by atoms with Gasteiger partial charge in [-0.25, -0.2) is 15.6 Å². The number of nitrogens with one attached hydrogen (secondary N) is 2. The van der Waals surface area contributed by atoms with E-state index in [9.17, 15) is 10.1 Å². The predicted octanol–water partition coefficient (Wildman–Crippen LogP) is 3.23. The molecule has 4 atom stereocenters. The fourth-order valence-corrected chi connectivity index (χ4v) is 4.73. The summed E-state index contributed by atoms with van der Waals surface area (Å²) < 4.78 is 10.7. The molecule has 2 aliphatic rings. The minimum absolute atomic E-state index is 0.115. The zero-order valence-corrected chi connectivity index (χ0v) is 17.4. The van der Waals surface area contributed by atoms with Crippen molar-refractivity contribution in [1.82, 2.24) is 10.9 Å². The van der Waals surface area contributed by atoms with Gasteiger partial charge in [0.15, 0.2) is 6.23 Å². The predicted molar refractivity (Wildman–Crippen MR) is 119 cm³/mol. The zero-order valence-electron chi connectivity index (χ0n) is 17.4. The number of carbonyl (C=O) groups is 1. The first-order valence-electron chi connectivity index (χ1n) is 10.3. The largest absolute Gasteiger partial charge is 0.465 e. The average Bonchev–Trinajstić information content (AvgIpc) is 3.25. The Hall–Kier alpha value is -3.86. The van der Waals surface area contributed by atoms with E-state index in [0.29, 0.717) is 11.1 Å². The van der Waals surface area contributed by atoms with Gasteiger partial charge in [0, 0.05) is 11.8 Å². The third kappa shape index (κ3) is 3.26. The molecule has 0 amide bonds. The second-order valence-corrected chi connectivity index (χ2v) is 7.97. The standard InChI is InChI=1S/C25H22N4O3/c1-31-25(30)16-9-7-15(8-10-16)20-19(13-26)23(27)32-24-21(20)22(28-29-24)18-11-6-14-4-2-3-5-17(14)12-18/h2-12,20-22,24,28-29H,27H2,1H3. The highest BCUT2D eigenvalue weighted by Crippen LogP contribution is 2.47. The highest BCUT2D eigenvalue weighted by Gasteiger charge is 2.49. The Morgan fingerprint density at radius 1 is 1.03 bits per heavy atom. The number of fused-ring (bicyclic) bond motifs is 2. The Balaban J connectivity index is 1.58. The van der Waals surface area contributed by atoms with Crippen LogP contribution in [0.3, 0.4) is 0 Å². The van der Waals surface area contributed by atoms with Crippen molar-refractivity contribution in [2.24, 2.45) is 11.7 Å². The minimum atomic E-state index is -0.408. The van der Waals surface area contributed by atoms with Crippen LogP contribution < -0.4 is 16.6 Å². The first-order valence-corrected chi connectivity index (χ1v) is 10.3. The molecule has 0 bridgehead atoms. The van der Waals surface area contributed by atoms with E-state index in [-0.39, 0.29) is 23.8 Å². The number of nitrogens with zero attached hydrogens (tertiary/aromatic N) is 1. The number of methoxy groups -OCH3 is 1. The van der Waals surface area contributed by atoms with Crippen molar-refractivity contribution in [1.29, 1.82) is 5.26 Å². The van der Waals surface area contributed by atoms with Crippen molar-refractivity contribution in [3.63, 3.8) is 0 Å². The number of esters is 1. The lowest BCUT2D eigenvalue weighted by Crippen LogP contribution is -2.41. The second kappa shape index (κ2) is 8.00. The number of allylic oxidation sites excluding steroid dienone is 1. The van der Waals surface area contributed by atoms with Crippen LogP contribution in [0, 0.1) is 17.2 Å². The Bertz CT molecular complexity index is 1260. The maximum Gasteiger partial charge on any atom is 0.337 e. The summed E-state index contributed by atoms with van der Waals surface area (Å²) in [4.78, 5) is 11.9. The monoisotopic (exact) mass is 426 g/mol. The third-order valence-corrected chi connectivity index (χ3v) is 6.27. The van der Waals surface area contributed by atoms with Crippen LogP contribution in [0.15, 0.2) is 78.2 Å². The lowest BCUT2D eigenvalue weighted by molar-refractivity contribution is 0.0340. The van der Waals surface area contributed by atoms with Crippen molar-refractivity contribution < 1.29 is 14.3 Å². The van der Waals surface area contributed by atoms with Crippen LogP contribution in [-0.2, 0) is 9.47 Å². The van der Waals surface area contributed by atoms with E-state index in [1.54, 1.807) is 12.1 Å². The van der Waals surface area contributed by atoms with Gasteiger partial charge < -0.3 is 15.2 Å². The molecule has 1 saturated heterocycles. The third-order valence-electron chi connectivity index (χ3n) is 6.27. The summed E-state index contributed by atoms with van der Waals surface area (Å²) in [5, 5.41) is 12.2. The van der Waals surface area contributed by atoms with Gasteiger partial charge in [-0.05, 0) is 40.1 Å². The highest BCUT2D eigenvalue weighted by molar-refractivity contribution is 5.89. The summed E-state index contributed by atoms with van der Waals surface area (Å²) in [5.74, 6) is -0.744. The number of hydrazine groups is 1. The Morgan fingerprint density at radius 2 is 1.75 bits per heavy atom. The molecule has 4 N–H and O–H groups in total. The molecule has 0 spiro atoms. The molecule has 1 fully saturated rings. The summed E-state index contributed by atoms with van der Waals surface area (Å²) in [7, 11) is 1.35. The number of ether oxygens (including phenoxy) is 2. The number of carbonyl (C=O) groups excluding carboxylic acids is 1. The average molecular weight is 426 g/mol. The molecule has 4 unspecified atom stereocenters. The van der Waals surface area contributed by atoms with Gasteiger partial charge >= 0.3 is 5.97 Å². The van der Waals surface area contributed by atoms with Crippen LogP contribution in [0.4, 0.5) is 0 Å². The lowest BCUT2D eigenvalue weighted by atomic mass is 9.74. The highest BCUT2D eigenvalue weighted by atomic mass is 16.5. The Labute approximate surface area is 185 Å². The fourth-order valence-electron chi connectivity index (χ4n) is 4.73. The van der Waals surface area contributed by atoms with E-state index in [1.165, 1.54) is 7.11 Å². The lowest BCUT2D eigenvalue weighted by Gasteiger charge is -2.36. The molecule has 7 nitrogen and oxygen atoms in total. The van der Waals surface area contributed by atoms with Gasteiger partial charge in [0.2, 0.25) is 5.88 Å². The topological polar surface area (TPSA) is 109 Å². The van der Waals surface area contributed by atoms with Gasteiger partial charge in [-0.2, -0.15) is 5.26 Å². The van der Waals surface area contributed by atoms with Gasteiger partial charge in [0.05, 0.1) is 24.3 Å². The van der Waals surface area contributed by atoms with Gasteiger partial charge in [-0.15, -0.1) is 0 Å². The van der Waals surface area contributed by atoms with E-state index in [1.807, 2.05) is 24.3 Å². The normalized spacial score (nSPS) is 24.5. The molecule has 3 aromatic rings. The Kier molecular flexibility index (Phi) is 5.02. The fraction of sp³-hybridized carbons (Fsp3) is 0.200. The molecule has 32 heavy (non-hydrogen) atoms. The van der Waals surface area contributed by atoms with E-state index in [0.717, 1.165) is 21.9 Å².